The number of nitrogens with zero attached hydrogens (tertiary/aromatic N) is 1. The maximum atomic E-state index is 12.0. The van der Waals surface area contributed by atoms with E-state index in [2.05, 4.69) is 5.32 Å². The molecule has 2 amide bonds. The van der Waals surface area contributed by atoms with Gasteiger partial charge in [0.2, 0.25) is 11.8 Å². The van der Waals surface area contributed by atoms with Crippen molar-refractivity contribution < 1.29 is 9.59 Å². The molecule has 0 aliphatic rings. The normalized spacial score (nSPS) is 11.7. The third-order valence-electron chi connectivity index (χ3n) is 2.94. The maximum Gasteiger partial charge on any atom is 0.243 e. The van der Waals surface area contributed by atoms with Crippen LogP contribution in [0.2, 0.25) is 0 Å². The van der Waals surface area contributed by atoms with Crippen molar-refractivity contribution in [3.8, 4) is 0 Å². The van der Waals surface area contributed by atoms with E-state index in [1.54, 1.807) is 19.2 Å². The summed E-state index contributed by atoms with van der Waals surface area (Å²) in [6, 6.07) is 9.15. The lowest BCUT2D eigenvalue weighted by Crippen LogP contribution is -2.40. The highest BCUT2D eigenvalue weighted by atomic mass is 16.2. The number of nitrogens with two attached hydrogens (primary N) is 1. The van der Waals surface area contributed by atoms with E-state index < -0.39 is 0 Å². The molecular weight excluding hydrogens is 242 g/mol. The molecule has 0 fully saturated rings. The van der Waals surface area contributed by atoms with E-state index in [0.29, 0.717) is 13.0 Å². The Morgan fingerprint density at radius 3 is 2.47 bits per heavy atom. The summed E-state index contributed by atoms with van der Waals surface area (Å²) >= 11 is 0. The lowest BCUT2D eigenvalue weighted by Gasteiger charge is -2.21. The Balaban J connectivity index is 2.50. The molecule has 0 radical (unpaired) electrons. The molecule has 1 unspecified atom stereocenters. The number of likely N-dealkylation sites (N-methyl/N-ethyl adjacent to an activating group) is 1. The fourth-order valence-corrected chi connectivity index (χ4v) is 1.77. The van der Waals surface area contributed by atoms with Crippen LogP contribution in [0.15, 0.2) is 30.3 Å². The number of carbonyl (C=O) groups excluding carboxylic acids is 2. The zero-order valence-electron chi connectivity index (χ0n) is 11.4. The van der Waals surface area contributed by atoms with Crippen molar-refractivity contribution >= 4 is 17.5 Å². The molecule has 1 aromatic carbocycles. The van der Waals surface area contributed by atoms with Crippen LogP contribution in [-0.2, 0) is 9.59 Å². The van der Waals surface area contributed by atoms with Gasteiger partial charge in [-0.1, -0.05) is 25.1 Å². The summed E-state index contributed by atoms with van der Waals surface area (Å²) in [5.41, 5.74) is 6.25. The van der Waals surface area contributed by atoms with E-state index in [4.69, 9.17) is 5.73 Å². The molecule has 0 spiro atoms. The fourth-order valence-electron chi connectivity index (χ4n) is 1.77. The van der Waals surface area contributed by atoms with Crippen LogP contribution in [0, 0.1) is 5.92 Å². The van der Waals surface area contributed by atoms with Crippen molar-refractivity contribution in [1.29, 1.82) is 0 Å². The van der Waals surface area contributed by atoms with Gasteiger partial charge in [0.15, 0.2) is 0 Å². The number of nitrogens with one attached hydrogen (secondary N) is 1. The molecule has 5 nitrogen and oxygen atoms in total. The summed E-state index contributed by atoms with van der Waals surface area (Å²) in [5, 5.41) is 2.74. The minimum absolute atomic E-state index is 0.0320. The predicted molar refractivity (Wildman–Crippen MR) is 75.5 cm³/mol. The Bertz CT molecular complexity index is 416. The highest BCUT2D eigenvalue weighted by Crippen LogP contribution is 2.07. The van der Waals surface area contributed by atoms with Crippen molar-refractivity contribution in [2.75, 3.05) is 25.5 Å². The van der Waals surface area contributed by atoms with E-state index in [1.165, 1.54) is 4.90 Å². The molecule has 0 saturated heterocycles. The van der Waals surface area contributed by atoms with Crippen molar-refractivity contribution in [2.45, 2.75) is 13.3 Å². The Hall–Kier alpha value is -1.88. The molecule has 0 saturated carbocycles. The van der Waals surface area contributed by atoms with Crippen molar-refractivity contribution in [2.24, 2.45) is 11.7 Å². The Labute approximate surface area is 113 Å². The van der Waals surface area contributed by atoms with Gasteiger partial charge >= 0.3 is 0 Å². The zero-order chi connectivity index (χ0) is 14.3. The summed E-state index contributed by atoms with van der Waals surface area (Å²) in [6.45, 7) is 2.25. The molecule has 1 aromatic rings. The minimum Gasteiger partial charge on any atom is -0.336 e. The molecule has 104 valence electrons. The molecule has 1 atom stereocenters. The van der Waals surface area contributed by atoms with Gasteiger partial charge in [0, 0.05) is 19.3 Å². The zero-order valence-corrected chi connectivity index (χ0v) is 11.4. The van der Waals surface area contributed by atoms with Crippen LogP contribution in [0.25, 0.3) is 0 Å². The molecule has 1 rings (SSSR count). The minimum atomic E-state index is -0.214. The number of hydrogen-bond donors (Lipinski definition) is 2. The number of benzene rings is 1. The van der Waals surface area contributed by atoms with Crippen LogP contribution in [0.1, 0.15) is 13.3 Å². The van der Waals surface area contributed by atoms with Gasteiger partial charge in [0.1, 0.15) is 0 Å². The van der Waals surface area contributed by atoms with Crippen LogP contribution in [0.4, 0.5) is 5.69 Å². The van der Waals surface area contributed by atoms with Gasteiger partial charge in [-0.25, -0.2) is 0 Å². The van der Waals surface area contributed by atoms with E-state index in [1.807, 2.05) is 25.1 Å². The first-order valence-corrected chi connectivity index (χ1v) is 6.38. The largest absolute Gasteiger partial charge is 0.336 e. The molecule has 0 bridgehead atoms. The van der Waals surface area contributed by atoms with Gasteiger partial charge in [-0.2, -0.15) is 0 Å². The second-order valence-corrected chi connectivity index (χ2v) is 4.45. The number of para-hydroxylation sites is 1. The highest BCUT2D eigenvalue weighted by molar-refractivity contribution is 5.94. The van der Waals surface area contributed by atoms with Gasteiger partial charge in [0.25, 0.3) is 0 Å². The van der Waals surface area contributed by atoms with Gasteiger partial charge < -0.3 is 16.0 Å². The SMILES string of the molecule is CCC(CN)C(=O)N(C)CC(=O)Nc1ccccc1. The molecule has 0 heterocycles. The Kier molecular flexibility index (Phi) is 6.02. The Morgan fingerprint density at radius 2 is 1.95 bits per heavy atom. The van der Waals surface area contributed by atoms with E-state index in [9.17, 15) is 9.59 Å². The summed E-state index contributed by atoms with van der Waals surface area (Å²) in [6.07, 6.45) is 0.681. The van der Waals surface area contributed by atoms with Gasteiger partial charge in [-0.3, -0.25) is 9.59 Å². The smallest absolute Gasteiger partial charge is 0.243 e. The molecule has 5 heteroatoms. The summed E-state index contributed by atoms with van der Waals surface area (Å²) < 4.78 is 0. The monoisotopic (exact) mass is 263 g/mol. The lowest BCUT2D eigenvalue weighted by atomic mass is 10.1. The van der Waals surface area contributed by atoms with Gasteiger partial charge in [-0.15, -0.1) is 0 Å². The summed E-state index contributed by atoms with van der Waals surface area (Å²) in [5.74, 6) is -0.517. The molecule has 0 aromatic heterocycles. The molecule has 0 aliphatic carbocycles. The number of carbonyl (C=O) groups is 2. The number of anilines is 1. The van der Waals surface area contributed by atoms with Crippen LogP contribution in [0.5, 0.6) is 0 Å². The van der Waals surface area contributed by atoms with Crippen molar-refractivity contribution in [3.63, 3.8) is 0 Å². The van der Waals surface area contributed by atoms with E-state index >= 15 is 0 Å². The molecule has 0 aliphatic heterocycles. The second kappa shape index (κ2) is 7.53. The lowest BCUT2D eigenvalue weighted by molar-refractivity contribution is -0.136. The van der Waals surface area contributed by atoms with Crippen molar-refractivity contribution in [3.05, 3.63) is 30.3 Å². The number of rotatable bonds is 6. The number of amides is 2. The third-order valence-corrected chi connectivity index (χ3v) is 2.94. The second-order valence-electron chi connectivity index (χ2n) is 4.45. The van der Waals surface area contributed by atoms with Crippen LogP contribution < -0.4 is 11.1 Å². The van der Waals surface area contributed by atoms with Gasteiger partial charge in [-0.05, 0) is 18.6 Å². The molecule has 19 heavy (non-hydrogen) atoms. The van der Waals surface area contributed by atoms with Crippen LogP contribution in [-0.4, -0.2) is 36.9 Å². The average Bonchev–Trinajstić information content (AvgIpc) is 2.40. The predicted octanol–water partition coefficient (Wildman–Crippen LogP) is 1.07. The summed E-state index contributed by atoms with van der Waals surface area (Å²) in [7, 11) is 1.62. The molecular formula is C14H21N3O2. The Morgan fingerprint density at radius 1 is 1.32 bits per heavy atom. The average molecular weight is 263 g/mol. The first-order valence-electron chi connectivity index (χ1n) is 6.38. The van der Waals surface area contributed by atoms with E-state index in [-0.39, 0.29) is 24.3 Å². The van der Waals surface area contributed by atoms with Gasteiger partial charge in [0.05, 0.1) is 12.5 Å². The number of hydrogen-bond acceptors (Lipinski definition) is 3. The topological polar surface area (TPSA) is 75.4 Å². The first kappa shape index (κ1) is 15.2. The summed E-state index contributed by atoms with van der Waals surface area (Å²) in [4.78, 5) is 25.2. The molecule has 3 N–H and O–H groups in total. The fraction of sp³-hybridized carbons (Fsp3) is 0.429. The maximum absolute atomic E-state index is 12.0. The standard InChI is InChI=1S/C14H21N3O2/c1-3-11(9-15)14(19)17(2)10-13(18)16-12-7-5-4-6-8-12/h4-8,11H,3,9-10,15H2,1-2H3,(H,16,18). The highest BCUT2D eigenvalue weighted by Gasteiger charge is 2.20. The van der Waals surface area contributed by atoms with E-state index in [0.717, 1.165) is 5.69 Å². The third kappa shape index (κ3) is 4.71. The van der Waals surface area contributed by atoms with Crippen LogP contribution in [0.3, 0.4) is 0 Å². The van der Waals surface area contributed by atoms with Crippen LogP contribution >= 0.6 is 0 Å². The van der Waals surface area contributed by atoms with Crippen molar-refractivity contribution in [1.82, 2.24) is 4.90 Å². The first-order chi connectivity index (χ1) is 9.08. The quantitative estimate of drug-likeness (QED) is 0.806.